The minimum Gasteiger partial charge on any atom is -0.481 e. The van der Waals surface area contributed by atoms with E-state index < -0.39 is 60.5 Å². The van der Waals surface area contributed by atoms with E-state index >= 15 is 4.39 Å². The van der Waals surface area contributed by atoms with Gasteiger partial charge in [-0.2, -0.15) is 13.2 Å². The molecule has 1 unspecified atom stereocenters. The number of aryl methyl sites for hydroxylation is 1. The van der Waals surface area contributed by atoms with Gasteiger partial charge in [-0.05, 0) is 62.3 Å². The number of hydrogen-bond acceptors (Lipinski definition) is 7. The third-order valence-corrected chi connectivity index (χ3v) is 10.6. The lowest BCUT2D eigenvalue weighted by molar-refractivity contribution is -0.262. The summed E-state index contributed by atoms with van der Waals surface area (Å²) in [4.78, 5) is 44.6. The van der Waals surface area contributed by atoms with Crippen LogP contribution in [0.25, 0.3) is 10.9 Å². The van der Waals surface area contributed by atoms with Crippen molar-refractivity contribution in [3.8, 4) is 0 Å². The van der Waals surface area contributed by atoms with Gasteiger partial charge in [0.25, 0.3) is 5.91 Å². The minimum absolute atomic E-state index is 0.0215. The van der Waals surface area contributed by atoms with Crippen LogP contribution in [0, 0.1) is 11.7 Å². The summed E-state index contributed by atoms with van der Waals surface area (Å²) >= 11 is 6.60. The van der Waals surface area contributed by atoms with Crippen molar-refractivity contribution in [3.05, 3.63) is 64.6 Å². The number of carbonyl (C=O) groups is 3. The fraction of sp³-hybridized carbons (Fsp3) is 0.528. The molecule has 276 valence electrons. The second kappa shape index (κ2) is 15.2. The number of fused-ring (bicyclic) bond motifs is 1. The number of nitrogens with zero attached hydrogens (tertiary/aromatic N) is 4. The molecule has 3 aliphatic rings. The van der Waals surface area contributed by atoms with Crippen LogP contribution < -0.4 is 5.32 Å². The topological polar surface area (TPSA) is 107 Å². The first kappa shape index (κ1) is 37.2. The number of para-hydroxylation sites is 1. The minimum atomic E-state index is -4.37. The highest BCUT2D eigenvalue weighted by Gasteiger charge is 2.53. The van der Waals surface area contributed by atoms with Gasteiger partial charge in [-0.3, -0.25) is 29.1 Å². The zero-order valence-corrected chi connectivity index (χ0v) is 29.1. The molecule has 0 bridgehead atoms. The SMILES string of the molecule is Cn1cc(C(=O)Nc2cc(F)c(CC(=O)C(OC3CCC(C(=O)O)CC3)(N3CCCC3)N3CCN(CC(F)(F)F)CC3)cc2Cl)c2ccccc21. The van der Waals surface area contributed by atoms with E-state index in [1.165, 1.54) is 11.0 Å². The number of likely N-dealkylation sites (tertiary alicyclic amines) is 1. The summed E-state index contributed by atoms with van der Waals surface area (Å²) in [5, 5.41) is 13.0. The number of hydrogen-bond donors (Lipinski definition) is 2. The Morgan fingerprint density at radius 1 is 0.961 bits per heavy atom. The van der Waals surface area contributed by atoms with Gasteiger partial charge in [0.1, 0.15) is 5.82 Å². The second-order valence-corrected chi connectivity index (χ2v) is 14.2. The van der Waals surface area contributed by atoms with Crippen molar-refractivity contribution in [2.45, 2.75) is 63.1 Å². The van der Waals surface area contributed by atoms with Crippen LogP contribution in [0.1, 0.15) is 54.4 Å². The molecular formula is C36H42ClF4N5O5. The molecule has 6 rings (SSSR count). The van der Waals surface area contributed by atoms with E-state index in [2.05, 4.69) is 5.32 Å². The highest BCUT2D eigenvalue weighted by molar-refractivity contribution is 6.34. The van der Waals surface area contributed by atoms with Crippen molar-refractivity contribution in [1.82, 2.24) is 19.3 Å². The molecule has 51 heavy (non-hydrogen) atoms. The Kier molecular flexibility index (Phi) is 11.1. The number of nitrogens with one attached hydrogen (secondary N) is 1. The van der Waals surface area contributed by atoms with E-state index in [1.54, 1.807) is 11.1 Å². The summed E-state index contributed by atoms with van der Waals surface area (Å²) in [7, 11) is 1.81. The number of ketones is 1. The first-order valence-corrected chi connectivity index (χ1v) is 17.7. The summed E-state index contributed by atoms with van der Waals surface area (Å²) in [5.74, 6) is -4.86. The van der Waals surface area contributed by atoms with E-state index in [0.29, 0.717) is 49.7 Å². The van der Waals surface area contributed by atoms with E-state index in [-0.39, 0.29) is 42.5 Å². The number of piperazine rings is 1. The maximum atomic E-state index is 15.9. The summed E-state index contributed by atoms with van der Waals surface area (Å²) in [6.07, 6.45) is -0.594. The predicted molar refractivity (Wildman–Crippen MR) is 183 cm³/mol. The van der Waals surface area contributed by atoms with E-state index in [4.69, 9.17) is 16.3 Å². The Bertz CT molecular complexity index is 1760. The summed E-state index contributed by atoms with van der Waals surface area (Å²) in [6.45, 7) is 0.198. The predicted octanol–water partition coefficient (Wildman–Crippen LogP) is 5.92. The van der Waals surface area contributed by atoms with Crippen LogP contribution in [0.4, 0.5) is 23.2 Å². The Morgan fingerprint density at radius 2 is 1.61 bits per heavy atom. The fourth-order valence-electron chi connectivity index (χ4n) is 7.73. The lowest BCUT2D eigenvalue weighted by atomic mass is 9.87. The maximum Gasteiger partial charge on any atom is 0.401 e. The number of carboxylic acids is 1. The van der Waals surface area contributed by atoms with E-state index in [9.17, 15) is 32.7 Å². The van der Waals surface area contributed by atoms with Gasteiger partial charge in [0.15, 0.2) is 5.78 Å². The van der Waals surface area contributed by atoms with Crippen LogP contribution in [0.3, 0.4) is 0 Å². The van der Waals surface area contributed by atoms with Crippen molar-refractivity contribution in [2.24, 2.45) is 13.0 Å². The number of Topliss-reactive ketones (excluding diaryl/α,β-unsaturated/α-hetero) is 1. The molecule has 1 aromatic heterocycles. The first-order chi connectivity index (χ1) is 24.2. The molecule has 1 atom stereocenters. The largest absolute Gasteiger partial charge is 0.481 e. The van der Waals surface area contributed by atoms with Crippen molar-refractivity contribution in [3.63, 3.8) is 0 Å². The van der Waals surface area contributed by atoms with Crippen LogP contribution in [0.2, 0.25) is 5.02 Å². The van der Waals surface area contributed by atoms with E-state index in [0.717, 1.165) is 24.4 Å². The number of amides is 1. The maximum absolute atomic E-state index is 15.9. The van der Waals surface area contributed by atoms with Gasteiger partial charge in [-0.25, -0.2) is 4.39 Å². The number of aromatic nitrogens is 1. The third kappa shape index (κ3) is 8.10. The van der Waals surface area contributed by atoms with E-state index in [1.807, 2.05) is 40.8 Å². The molecule has 2 aromatic carbocycles. The quantitative estimate of drug-likeness (QED) is 0.234. The number of carboxylic acid groups (broad SMARTS) is 1. The standard InChI is InChI=1S/C36H42ClF4N5O5/c1-43-21-27(26-6-2-3-7-31(26)43)33(48)42-30-20-29(38)24(18-28(30)37)19-32(47)36(45-12-4-5-13-45,51-25-10-8-23(9-11-25)34(49)50)46-16-14-44(15-17-46)22-35(39,40)41/h2-3,6-7,18,20-21,23,25H,4-5,8-17,19,22H2,1H3,(H,42,48)(H,49,50). The number of rotatable bonds is 11. The molecule has 1 aliphatic carbocycles. The Balaban J connectivity index is 1.27. The molecule has 3 heterocycles. The average molecular weight is 736 g/mol. The van der Waals surface area contributed by atoms with Crippen LogP contribution in [-0.2, 0) is 27.8 Å². The Hall–Kier alpha value is -3.56. The first-order valence-electron chi connectivity index (χ1n) is 17.3. The molecule has 15 heteroatoms. The number of carbonyl (C=O) groups excluding carboxylic acids is 2. The molecular weight excluding hydrogens is 694 g/mol. The van der Waals surface area contributed by atoms with Crippen molar-refractivity contribution in [1.29, 1.82) is 0 Å². The number of anilines is 1. The van der Waals surface area contributed by atoms with Gasteiger partial charge in [0.05, 0.1) is 34.8 Å². The molecule has 2 N–H and O–H groups in total. The molecule has 2 saturated heterocycles. The third-order valence-electron chi connectivity index (χ3n) is 10.3. The average Bonchev–Trinajstić information content (AvgIpc) is 3.75. The second-order valence-electron chi connectivity index (χ2n) is 13.8. The number of benzene rings is 2. The lowest BCUT2D eigenvalue weighted by Crippen LogP contribution is -2.71. The van der Waals surface area contributed by atoms with Gasteiger partial charge in [-0.15, -0.1) is 0 Å². The molecule has 0 spiro atoms. The zero-order valence-electron chi connectivity index (χ0n) is 28.4. The van der Waals surface area contributed by atoms with Gasteiger partial charge in [0, 0.05) is 69.8 Å². The molecule has 3 fully saturated rings. The number of ether oxygens (including phenoxy) is 1. The lowest BCUT2D eigenvalue weighted by Gasteiger charge is -2.52. The monoisotopic (exact) mass is 735 g/mol. The summed E-state index contributed by atoms with van der Waals surface area (Å²) < 4.78 is 64.2. The Labute approximate surface area is 298 Å². The molecule has 0 radical (unpaired) electrons. The van der Waals surface area contributed by atoms with Gasteiger partial charge < -0.3 is 19.7 Å². The highest BCUT2D eigenvalue weighted by atomic mass is 35.5. The highest BCUT2D eigenvalue weighted by Crippen LogP contribution is 2.37. The van der Waals surface area contributed by atoms with Gasteiger partial charge in [0.2, 0.25) is 5.85 Å². The number of alkyl halides is 3. The number of aliphatic carboxylic acids is 1. The van der Waals surface area contributed by atoms with Crippen molar-refractivity contribution < 1.29 is 41.8 Å². The Morgan fingerprint density at radius 3 is 2.25 bits per heavy atom. The molecule has 1 amide bonds. The summed E-state index contributed by atoms with van der Waals surface area (Å²) in [6, 6.07) is 9.74. The molecule has 1 saturated carbocycles. The molecule has 10 nitrogen and oxygen atoms in total. The van der Waals surface area contributed by atoms with Crippen molar-refractivity contribution in [2.75, 3.05) is 51.1 Å². The normalized spacial score (nSPS) is 22.2. The zero-order chi connectivity index (χ0) is 36.5. The van der Waals surface area contributed by atoms with Crippen LogP contribution in [0.5, 0.6) is 0 Å². The number of halogens is 5. The van der Waals surface area contributed by atoms with Gasteiger partial charge >= 0.3 is 12.1 Å². The van der Waals surface area contributed by atoms with Crippen LogP contribution >= 0.6 is 11.6 Å². The summed E-state index contributed by atoms with van der Waals surface area (Å²) in [5.41, 5.74) is 1.23. The van der Waals surface area contributed by atoms with Crippen LogP contribution in [-0.4, -0.2) is 106 Å². The van der Waals surface area contributed by atoms with Crippen LogP contribution in [0.15, 0.2) is 42.6 Å². The molecule has 2 aliphatic heterocycles. The fourth-order valence-corrected chi connectivity index (χ4v) is 7.96. The van der Waals surface area contributed by atoms with Gasteiger partial charge in [-0.1, -0.05) is 29.8 Å². The molecule has 3 aromatic rings. The smallest absolute Gasteiger partial charge is 0.401 e. The van der Waals surface area contributed by atoms with Crippen molar-refractivity contribution >= 4 is 45.9 Å².